The molecule has 0 saturated carbocycles. The molecule has 1 N–H and O–H groups in total. The topological polar surface area (TPSA) is 69.3 Å². The minimum atomic E-state index is -0.551. The lowest BCUT2D eigenvalue weighted by Gasteiger charge is -2.06. The highest BCUT2D eigenvalue weighted by Crippen LogP contribution is 2.26. The molecule has 0 aliphatic rings. The molecule has 4 rings (SSSR count). The van der Waals surface area contributed by atoms with E-state index in [4.69, 9.17) is 32.4 Å². The molecule has 0 fully saturated rings. The Morgan fingerprint density at radius 3 is 2.53 bits per heavy atom. The molecule has 6 nitrogen and oxygen atoms in total. The molecule has 0 aliphatic carbocycles. The molecule has 0 unspecified atom stereocenters. The predicted octanol–water partition coefficient (Wildman–Crippen LogP) is 5.94. The number of ether oxygens (including phenoxy) is 1. The fraction of sp³-hybridized carbons (Fsp3) is 0.0909. The fourth-order valence-electron chi connectivity index (χ4n) is 2.83. The molecule has 2 aromatic heterocycles. The maximum absolute atomic E-state index is 13.1. The van der Waals surface area contributed by atoms with Crippen LogP contribution in [-0.4, -0.2) is 15.7 Å². The zero-order valence-electron chi connectivity index (χ0n) is 16.3. The van der Waals surface area contributed by atoms with Gasteiger partial charge in [-0.05, 0) is 48.0 Å². The van der Waals surface area contributed by atoms with Crippen molar-refractivity contribution >= 4 is 34.9 Å². The van der Waals surface area contributed by atoms with Crippen LogP contribution in [0, 0.1) is 11.6 Å². The van der Waals surface area contributed by atoms with Gasteiger partial charge in [0.2, 0.25) is 0 Å². The maximum Gasteiger partial charge on any atom is 0.292 e. The number of amides is 1. The number of carbonyl (C=O) groups is 1. The van der Waals surface area contributed by atoms with Crippen LogP contribution in [0.3, 0.4) is 0 Å². The van der Waals surface area contributed by atoms with E-state index in [0.717, 1.165) is 11.6 Å². The minimum Gasteiger partial charge on any atom is -0.484 e. The van der Waals surface area contributed by atoms with Crippen LogP contribution < -0.4 is 10.1 Å². The highest BCUT2D eigenvalue weighted by molar-refractivity contribution is 6.33. The largest absolute Gasteiger partial charge is 0.484 e. The van der Waals surface area contributed by atoms with Crippen molar-refractivity contribution in [2.75, 3.05) is 5.32 Å². The average Bonchev–Trinajstić information content (AvgIpc) is 3.36. The van der Waals surface area contributed by atoms with Crippen LogP contribution in [0.15, 0.2) is 65.2 Å². The van der Waals surface area contributed by atoms with Crippen molar-refractivity contribution in [3.63, 3.8) is 0 Å². The summed E-state index contributed by atoms with van der Waals surface area (Å²) in [5.41, 5.74) is 0.820. The van der Waals surface area contributed by atoms with Gasteiger partial charge in [-0.2, -0.15) is 5.10 Å². The first kappa shape index (κ1) is 21.9. The Kier molecular flexibility index (Phi) is 6.43. The van der Waals surface area contributed by atoms with Gasteiger partial charge in [-0.3, -0.25) is 9.48 Å². The number of rotatable bonds is 7. The zero-order valence-corrected chi connectivity index (χ0v) is 17.8. The van der Waals surface area contributed by atoms with Crippen LogP contribution in [0.2, 0.25) is 10.0 Å². The van der Waals surface area contributed by atoms with Gasteiger partial charge in [-0.15, -0.1) is 0 Å². The predicted molar refractivity (Wildman–Crippen MR) is 115 cm³/mol. The Bertz CT molecular complexity index is 1260. The number of anilines is 1. The Labute approximate surface area is 191 Å². The molecule has 0 radical (unpaired) electrons. The van der Waals surface area contributed by atoms with Gasteiger partial charge in [0.05, 0.1) is 11.6 Å². The first-order valence-electron chi connectivity index (χ1n) is 9.33. The molecular formula is C22H15Cl2F2N3O3. The van der Waals surface area contributed by atoms with Crippen molar-refractivity contribution in [3.8, 4) is 5.75 Å². The number of nitrogens with one attached hydrogen (secondary N) is 1. The SMILES string of the molecule is O=C(Nc1nn(Cc2ccc(F)cc2)cc1Cl)c1ccc(COc2ccc(F)cc2Cl)o1. The molecule has 0 atom stereocenters. The molecule has 4 aromatic rings. The van der Waals surface area contributed by atoms with E-state index in [-0.39, 0.29) is 39.8 Å². The Morgan fingerprint density at radius 2 is 1.78 bits per heavy atom. The number of halogens is 4. The summed E-state index contributed by atoms with van der Waals surface area (Å²) in [7, 11) is 0. The smallest absolute Gasteiger partial charge is 0.292 e. The van der Waals surface area contributed by atoms with Crippen molar-refractivity contribution in [2.45, 2.75) is 13.2 Å². The van der Waals surface area contributed by atoms with E-state index in [1.165, 1.54) is 35.0 Å². The normalized spacial score (nSPS) is 10.9. The summed E-state index contributed by atoms with van der Waals surface area (Å²) in [6.07, 6.45) is 1.55. The molecule has 0 bridgehead atoms. The van der Waals surface area contributed by atoms with Gasteiger partial charge < -0.3 is 14.5 Å². The van der Waals surface area contributed by atoms with Crippen molar-refractivity contribution in [1.82, 2.24) is 9.78 Å². The first-order chi connectivity index (χ1) is 15.4. The monoisotopic (exact) mass is 477 g/mol. The quantitative estimate of drug-likeness (QED) is 0.357. The summed E-state index contributed by atoms with van der Waals surface area (Å²) in [6.45, 7) is 0.343. The average molecular weight is 478 g/mol. The Morgan fingerprint density at radius 1 is 1.03 bits per heavy atom. The number of hydrogen-bond acceptors (Lipinski definition) is 4. The second-order valence-corrected chi connectivity index (χ2v) is 7.55. The molecule has 0 aliphatic heterocycles. The van der Waals surface area contributed by atoms with Gasteiger partial charge in [-0.25, -0.2) is 8.78 Å². The van der Waals surface area contributed by atoms with Gasteiger partial charge in [0.15, 0.2) is 11.6 Å². The second kappa shape index (κ2) is 9.42. The summed E-state index contributed by atoms with van der Waals surface area (Å²) in [5.74, 6) is -0.520. The molecule has 2 aromatic carbocycles. The highest BCUT2D eigenvalue weighted by Gasteiger charge is 2.16. The second-order valence-electron chi connectivity index (χ2n) is 6.73. The first-order valence-corrected chi connectivity index (χ1v) is 10.1. The van der Waals surface area contributed by atoms with Crippen LogP contribution in [0.25, 0.3) is 0 Å². The van der Waals surface area contributed by atoms with E-state index in [9.17, 15) is 13.6 Å². The lowest BCUT2D eigenvalue weighted by atomic mass is 10.2. The minimum absolute atomic E-state index is 0.00825. The van der Waals surface area contributed by atoms with E-state index in [2.05, 4.69) is 10.4 Å². The van der Waals surface area contributed by atoms with Crippen molar-refractivity contribution in [1.29, 1.82) is 0 Å². The van der Waals surface area contributed by atoms with Gasteiger partial charge in [-0.1, -0.05) is 35.3 Å². The fourth-order valence-corrected chi connectivity index (χ4v) is 3.25. The molecular weight excluding hydrogens is 463 g/mol. The maximum atomic E-state index is 13.1. The number of hydrogen-bond donors (Lipinski definition) is 1. The van der Waals surface area contributed by atoms with Crippen molar-refractivity contribution in [3.05, 3.63) is 99.6 Å². The zero-order chi connectivity index (χ0) is 22.7. The summed E-state index contributed by atoms with van der Waals surface area (Å²) < 4.78 is 38.6. The third kappa shape index (κ3) is 5.27. The molecule has 1 amide bonds. The molecule has 32 heavy (non-hydrogen) atoms. The van der Waals surface area contributed by atoms with Crippen LogP contribution in [0.4, 0.5) is 14.6 Å². The van der Waals surface area contributed by atoms with E-state index in [1.54, 1.807) is 24.4 Å². The third-order valence-corrected chi connectivity index (χ3v) is 4.93. The Hall–Kier alpha value is -3.36. The summed E-state index contributed by atoms with van der Waals surface area (Å²) in [4.78, 5) is 12.5. The summed E-state index contributed by atoms with van der Waals surface area (Å²) >= 11 is 12.1. The van der Waals surface area contributed by atoms with E-state index in [0.29, 0.717) is 12.3 Å². The number of nitrogens with zero attached hydrogens (tertiary/aromatic N) is 2. The van der Waals surface area contributed by atoms with Gasteiger partial charge >= 0.3 is 0 Å². The van der Waals surface area contributed by atoms with Gasteiger partial charge in [0, 0.05) is 6.20 Å². The highest BCUT2D eigenvalue weighted by atomic mass is 35.5. The lowest BCUT2D eigenvalue weighted by Crippen LogP contribution is -2.12. The number of benzene rings is 2. The lowest BCUT2D eigenvalue weighted by molar-refractivity contribution is 0.0992. The van der Waals surface area contributed by atoms with Gasteiger partial charge in [0.25, 0.3) is 5.91 Å². The van der Waals surface area contributed by atoms with E-state index >= 15 is 0 Å². The molecule has 0 spiro atoms. The van der Waals surface area contributed by atoms with Crippen LogP contribution >= 0.6 is 23.2 Å². The van der Waals surface area contributed by atoms with Crippen LogP contribution in [0.1, 0.15) is 21.9 Å². The standard InChI is InChI=1S/C22H15Cl2F2N3O3/c23-17-9-15(26)5-7-19(17)31-12-16-6-8-20(32-16)22(30)27-21-18(24)11-29(28-21)10-13-1-3-14(25)4-2-13/h1-9,11H,10,12H2,(H,27,28,30). The van der Waals surface area contributed by atoms with E-state index in [1.807, 2.05) is 0 Å². The number of furan rings is 1. The number of aromatic nitrogens is 2. The van der Waals surface area contributed by atoms with E-state index < -0.39 is 11.7 Å². The summed E-state index contributed by atoms with van der Waals surface area (Å²) in [5, 5.41) is 7.19. The van der Waals surface area contributed by atoms with Crippen LogP contribution in [-0.2, 0) is 13.2 Å². The van der Waals surface area contributed by atoms with Crippen LogP contribution in [0.5, 0.6) is 5.75 Å². The van der Waals surface area contributed by atoms with Crippen molar-refractivity contribution < 1.29 is 22.7 Å². The Balaban J connectivity index is 1.37. The van der Waals surface area contributed by atoms with Gasteiger partial charge in [0.1, 0.15) is 34.8 Å². The molecule has 2 heterocycles. The number of carbonyl (C=O) groups excluding carboxylic acids is 1. The summed E-state index contributed by atoms with van der Waals surface area (Å²) in [6, 6.07) is 12.8. The molecule has 0 saturated heterocycles. The molecule has 10 heteroatoms. The van der Waals surface area contributed by atoms with Crippen molar-refractivity contribution in [2.24, 2.45) is 0 Å². The molecule has 164 valence electrons. The third-order valence-electron chi connectivity index (χ3n) is 4.36.